The number of hydrogen-bond donors (Lipinski definition) is 1. The van der Waals surface area contributed by atoms with E-state index in [0.717, 1.165) is 30.8 Å². The van der Waals surface area contributed by atoms with Gasteiger partial charge in [-0.1, -0.05) is 54.6 Å². The number of ether oxygens (including phenoxy) is 2. The fourth-order valence-electron chi connectivity index (χ4n) is 3.64. The molecule has 1 aliphatic heterocycles. The van der Waals surface area contributed by atoms with Gasteiger partial charge in [-0.05, 0) is 44.4 Å². The van der Waals surface area contributed by atoms with Crippen LogP contribution in [0.2, 0.25) is 0 Å². The number of nitrogens with one attached hydrogen (secondary N) is 1. The molecule has 2 aromatic rings. The van der Waals surface area contributed by atoms with Gasteiger partial charge in [0.2, 0.25) is 0 Å². The summed E-state index contributed by atoms with van der Waals surface area (Å²) in [6.45, 7) is 11.5. The summed E-state index contributed by atoms with van der Waals surface area (Å²) in [5.41, 5.74) is 2.69. The van der Waals surface area contributed by atoms with Crippen LogP contribution in [0.4, 0.5) is 9.59 Å². The van der Waals surface area contributed by atoms with Crippen molar-refractivity contribution in [2.24, 2.45) is 0 Å². The summed E-state index contributed by atoms with van der Waals surface area (Å²) in [6, 6.07) is 17.8. The monoisotopic (exact) mass is 453 g/mol. The van der Waals surface area contributed by atoms with Crippen molar-refractivity contribution < 1.29 is 19.1 Å². The van der Waals surface area contributed by atoms with E-state index in [2.05, 4.69) is 22.3 Å². The van der Waals surface area contributed by atoms with Crippen LogP contribution in [-0.4, -0.2) is 53.8 Å². The van der Waals surface area contributed by atoms with Crippen LogP contribution in [-0.2, 0) is 22.6 Å². The van der Waals surface area contributed by atoms with Gasteiger partial charge in [0, 0.05) is 32.7 Å². The summed E-state index contributed by atoms with van der Waals surface area (Å²) < 4.78 is 10.8. The van der Waals surface area contributed by atoms with Gasteiger partial charge >= 0.3 is 12.2 Å². The SMILES string of the molecule is C[C@H](NC(=O)OC(C)(C)C)c1ccc(CN2CCN(C(=O)OCc3ccccc3)CC2)cc1. The Balaban J connectivity index is 1.41. The van der Waals surface area contributed by atoms with Crippen molar-refractivity contribution in [2.45, 2.75) is 52.5 Å². The van der Waals surface area contributed by atoms with E-state index in [-0.39, 0.29) is 12.1 Å². The summed E-state index contributed by atoms with van der Waals surface area (Å²) in [5, 5.41) is 2.87. The molecule has 1 fully saturated rings. The van der Waals surface area contributed by atoms with Crippen molar-refractivity contribution in [3.8, 4) is 0 Å². The Bertz CT molecular complexity index is 901. The molecule has 3 rings (SSSR count). The minimum atomic E-state index is -0.518. The molecule has 7 nitrogen and oxygen atoms in total. The fraction of sp³-hybridized carbons (Fsp3) is 0.462. The number of rotatable bonds is 6. The molecule has 0 aliphatic carbocycles. The van der Waals surface area contributed by atoms with Crippen LogP contribution in [0.1, 0.15) is 50.4 Å². The predicted octanol–water partition coefficient (Wildman–Crippen LogP) is 4.73. The molecule has 0 radical (unpaired) electrons. The summed E-state index contributed by atoms with van der Waals surface area (Å²) in [6.07, 6.45) is -0.673. The molecule has 1 saturated heterocycles. The molecule has 0 bridgehead atoms. The van der Waals surface area contributed by atoms with E-state index in [1.165, 1.54) is 5.56 Å². The number of piperazine rings is 1. The molecular formula is C26H35N3O4. The highest BCUT2D eigenvalue weighted by Gasteiger charge is 2.22. The van der Waals surface area contributed by atoms with Crippen molar-refractivity contribution in [2.75, 3.05) is 26.2 Å². The van der Waals surface area contributed by atoms with Crippen LogP contribution < -0.4 is 5.32 Å². The zero-order valence-corrected chi connectivity index (χ0v) is 20.0. The van der Waals surface area contributed by atoms with Gasteiger partial charge < -0.3 is 19.7 Å². The van der Waals surface area contributed by atoms with Crippen LogP contribution in [0.25, 0.3) is 0 Å². The lowest BCUT2D eigenvalue weighted by Gasteiger charge is -2.34. The Morgan fingerprint density at radius 1 is 0.939 bits per heavy atom. The van der Waals surface area contributed by atoms with Crippen LogP contribution in [0.5, 0.6) is 0 Å². The second-order valence-electron chi connectivity index (χ2n) is 9.41. The topological polar surface area (TPSA) is 71.1 Å². The molecule has 7 heteroatoms. The average molecular weight is 454 g/mol. The van der Waals surface area contributed by atoms with Crippen molar-refractivity contribution >= 4 is 12.2 Å². The number of hydrogen-bond acceptors (Lipinski definition) is 5. The maximum Gasteiger partial charge on any atom is 0.410 e. The molecular weight excluding hydrogens is 418 g/mol. The minimum absolute atomic E-state index is 0.139. The molecule has 1 aliphatic rings. The quantitative estimate of drug-likeness (QED) is 0.685. The van der Waals surface area contributed by atoms with Crippen molar-refractivity contribution in [1.29, 1.82) is 0 Å². The summed E-state index contributed by atoms with van der Waals surface area (Å²) in [5.74, 6) is 0. The third-order valence-electron chi connectivity index (χ3n) is 5.45. The number of carbonyl (C=O) groups is 2. The van der Waals surface area contributed by atoms with Crippen molar-refractivity contribution in [3.63, 3.8) is 0 Å². The smallest absolute Gasteiger partial charge is 0.410 e. The van der Waals surface area contributed by atoms with Gasteiger partial charge in [0.05, 0.1) is 6.04 Å². The largest absolute Gasteiger partial charge is 0.445 e. The van der Waals surface area contributed by atoms with E-state index in [1.54, 1.807) is 4.90 Å². The second kappa shape index (κ2) is 11.2. The first-order chi connectivity index (χ1) is 15.7. The molecule has 1 atom stereocenters. The zero-order chi connectivity index (χ0) is 23.8. The predicted molar refractivity (Wildman–Crippen MR) is 128 cm³/mol. The summed E-state index contributed by atoms with van der Waals surface area (Å²) in [7, 11) is 0. The molecule has 0 spiro atoms. The fourth-order valence-corrected chi connectivity index (χ4v) is 3.64. The van der Waals surface area contributed by atoms with Gasteiger partial charge in [0.15, 0.2) is 0 Å². The highest BCUT2D eigenvalue weighted by atomic mass is 16.6. The normalized spacial score (nSPS) is 15.6. The zero-order valence-electron chi connectivity index (χ0n) is 20.0. The van der Waals surface area contributed by atoms with Gasteiger partial charge in [0.1, 0.15) is 12.2 Å². The summed E-state index contributed by atoms with van der Waals surface area (Å²) >= 11 is 0. The van der Waals surface area contributed by atoms with E-state index in [0.29, 0.717) is 19.7 Å². The van der Waals surface area contributed by atoms with Crippen LogP contribution in [0, 0.1) is 0 Å². The molecule has 1 heterocycles. The van der Waals surface area contributed by atoms with Crippen LogP contribution in [0.3, 0.4) is 0 Å². The van der Waals surface area contributed by atoms with Gasteiger partial charge in [-0.3, -0.25) is 4.90 Å². The first-order valence-corrected chi connectivity index (χ1v) is 11.5. The van der Waals surface area contributed by atoms with Gasteiger partial charge in [-0.15, -0.1) is 0 Å². The first-order valence-electron chi connectivity index (χ1n) is 11.5. The Kier molecular flexibility index (Phi) is 8.33. The first kappa shape index (κ1) is 24.6. The third kappa shape index (κ3) is 8.09. The highest BCUT2D eigenvalue weighted by molar-refractivity contribution is 5.68. The number of benzene rings is 2. The van der Waals surface area contributed by atoms with Crippen LogP contribution in [0.15, 0.2) is 54.6 Å². The molecule has 0 aromatic heterocycles. The maximum atomic E-state index is 12.3. The minimum Gasteiger partial charge on any atom is -0.445 e. The lowest BCUT2D eigenvalue weighted by Crippen LogP contribution is -2.48. The number of alkyl carbamates (subject to hydrolysis) is 1. The molecule has 33 heavy (non-hydrogen) atoms. The van der Waals surface area contributed by atoms with E-state index in [4.69, 9.17) is 9.47 Å². The standard InChI is InChI=1S/C26H35N3O4/c1-20(27-24(30)33-26(2,3)4)23-12-10-21(11-13-23)18-28-14-16-29(17-15-28)25(31)32-19-22-8-6-5-7-9-22/h5-13,20H,14-19H2,1-4H3,(H,27,30)/t20-/m0/s1. The Hall–Kier alpha value is -3.06. The molecule has 2 amide bonds. The van der Waals surface area contributed by atoms with Gasteiger partial charge in [-0.2, -0.15) is 0 Å². The summed E-state index contributed by atoms with van der Waals surface area (Å²) in [4.78, 5) is 28.4. The molecule has 178 valence electrons. The maximum absolute atomic E-state index is 12.3. The Labute approximate surface area is 196 Å². The van der Waals surface area contributed by atoms with Crippen LogP contribution >= 0.6 is 0 Å². The Morgan fingerprint density at radius 2 is 1.58 bits per heavy atom. The van der Waals surface area contributed by atoms with E-state index >= 15 is 0 Å². The molecule has 0 unspecified atom stereocenters. The average Bonchev–Trinajstić information content (AvgIpc) is 2.78. The lowest BCUT2D eigenvalue weighted by atomic mass is 10.1. The van der Waals surface area contributed by atoms with E-state index < -0.39 is 11.7 Å². The highest BCUT2D eigenvalue weighted by Crippen LogP contribution is 2.17. The van der Waals surface area contributed by atoms with Gasteiger partial charge in [0.25, 0.3) is 0 Å². The van der Waals surface area contributed by atoms with Gasteiger partial charge in [-0.25, -0.2) is 9.59 Å². The number of carbonyl (C=O) groups excluding carboxylic acids is 2. The molecule has 2 aromatic carbocycles. The third-order valence-corrected chi connectivity index (χ3v) is 5.45. The van der Waals surface area contributed by atoms with E-state index in [9.17, 15) is 9.59 Å². The molecule has 1 N–H and O–H groups in total. The second-order valence-corrected chi connectivity index (χ2v) is 9.41. The van der Waals surface area contributed by atoms with Crippen molar-refractivity contribution in [3.05, 3.63) is 71.3 Å². The Morgan fingerprint density at radius 3 is 2.18 bits per heavy atom. The molecule has 0 saturated carbocycles. The van der Waals surface area contributed by atoms with E-state index in [1.807, 2.05) is 70.2 Å². The lowest BCUT2D eigenvalue weighted by molar-refractivity contribution is 0.0507. The number of nitrogens with zero attached hydrogens (tertiary/aromatic N) is 2. The number of amides is 2. The van der Waals surface area contributed by atoms with Crippen molar-refractivity contribution in [1.82, 2.24) is 15.1 Å².